The smallest absolute Gasteiger partial charge is 0.367 e. The van der Waals surface area contributed by atoms with E-state index in [4.69, 9.17) is 0 Å². The summed E-state index contributed by atoms with van der Waals surface area (Å²) in [7, 11) is 1.74. The van der Waals surface area contributed by atoms with E-state index in [1.54, 1.807) is 11.9 Å². The van der Waals surface area contributed by atoms with Crippen LogP contribution in [0.3, 0.4) is 0 Å². The zero-order valence-electron chi connectivity index (χ0n) is 16.5. The van der Waals surface area contributed by atoms with Crippen LogP contribution in [0.5, 0.6) is 0 Å². The Hall–Kier alpha value is -2.88. The Morgan fingerprint density at radius 1 is 1.27 bits per heavy atom. The van der Waals surface area contributed by atoms with Crippen LogP contribution in [0.15, 0.2) is 24.4 Å². The molecule has 2 heterocycles. The fourth-order valence-corrected chi connectivity index (χ4v) is 3.42. The van der Waals surface area contributed by atoms with Gasteiger partial charge >= 0.3 is 6.18 Å². The van der Waals surface area contributed by atoms with Crippen LogP contribution >= 0.6 is 0 Å². The lowest BCUT2D eigenvalue weighted by atomic mass is 9.99. The molecule has 3 N–H and O–H groups in total. The molecule has 1 aromatic carbocycles. The molecular weight excluding hydrogens is 397 g/mol. The van der Waals surface area contributed by atoms with E-state index < -0.39 is 11.7 Å². The van der Waals surface area contributed by atoms with Crippen molar-refractivity contribution in [3.05, 3.63) is 41.1 Å². The van der Waals surface area contributed by atoms with Gasteiger partial charge in [-0.05, 0) is 49.6 Å². The first kappa shape index (κ1) is 20.4. The Morgan fingerprint density at radius 2 is 2.07 bits per heavy atom. The van der Waals surface area contributed by atoms with Gasteiger partial charge in [-0.2, -0.15) is 18.2 Å². The molecule has 0 atom stereocenters. The van der Waals surface area contributed by atoms with Crippen LogP contribution in [0.2, 0.25) is 0 Å². The minimum absolute atomic E-state index is 0.0335. The van der Waals surface area contributed by atoms with E-state index in [0.29, 0.717) is 31.7 Å². The summed E-state index contributed by atoms with van der Waals surface area (Å²) in [6, 6.07) is 5.71. The molecule has 7 nitrogen and oxygen atoms in total. The van der Waals surface area contributed by atoms with Crippen LogP contribution in [0.25, 0.3) is 0 Å². The van der Waals surface area contributed by atoms with Gasteiger partial charge < -0.3 is 20.9 Å². The molecule has 0 radical (unpaired) electrons. The van der Waals surface area contributed by atoms with Crippen molar-refractivity contribution in [2.24, 2.45) is 0 Å². The number of alkyl halides is 3. The number of carbonyl (C=O) groups excluding carboxylic acids is 1. The highest BCUT2D eigenvalue weighted by molar-refractivity contribution is 5.78. The highest BCUT2D eigenvalue weighted by Crippen LogP contribution is 2.36. The molecule has 0 bridgehead atoms. The van der Waals surface area contributed by atoms with Crippen molar-refractivity contribution >= 4 is 23.4 Å². The molecule has 160 valence electrons. The normalized spacial score (nSPS) is 16.2. The van der Waals surface area contributed by atoms with Gasteiger partial charge in [-0.25, -0.2) is 4.98 Å². The highest BCUT2D eigenvalue weighted by atomic mass is 19.4. The van der Waals surface area contributed by atoms with E-state index in [1.807, 2.05) is 18.2 Å². The number of carbonyl (C=O) groups is 1. The minimum Gasteiger partial charge on any atom is -0.367 e. The molecule has 10 heteroatoms. The molecule has 2 aliphatic rings. The number of likely N-dealkylation sites (N-methyl/N-ethyl adjacent to an activating group) is 1. The van der Waals surface area contributed by atoms with Gasteiger partial charge in [0.1, 0.15) is 11.4 Å². The van der Waals surface area contributed by atoms with E-state index in [2.05, 4.69) is 25.9 Å². The minimum atomic E-state index is -4.52. The first-order valence-corrected chi connectivity index (χ1v) is 9.85. The number of aromatic nitrogens is 2. The van der Waals surface area contributed by atoms with Crippen molar-refractivity contribution in [3.63, 3.8) is 0 Å². The fourth-order valence-electron chi connectivity index (χ4n) is 3.42. The molecule has 1 aliphatic carbocycles. The Balaban J connectivity index is 1.50. The maximum absolute atomic E-state index is 13.2. The van der Waals surface area contributed by atoms with E-state index in [0.717, 1.165) is 30.2 Å². The summed E-state index contributed by atoms with van der Waals surface area (Å²) < 4.78 is 39.7. The topological polar surface area (TPSA) is 82.2 Å². The fraction of sp³-hybridized carbons (Fsp3) is 0.450. The molecule has 0 spiro atoms. The number of hydrogen-bond acceptors (Lipinski definition) is 6. The lowest BCUT2D eigenvalue weighted by Crippen LogP contribution is -2.40. The molecular formula is C20H23F3N6O. The monoisotopic (exact) mass is 420 g/mol. The molecule has 1 aliphatic heterocycles. The predicted molar refractivity (Wildman–Crippen MR) is 106 cm³/mol. The maximum atomic E-state index is 13.2. The van der Waals surface area contributed by atoms with Crippen molar-refractivity contribution < 1.29 is 18.0 Å². The molecule has 1 amide bonds. The third kappa shape index (κ3) is 4.64. The second-order valence-electron chi connectivity index (χ2n) is 7.58. The number of nitrogens with zero attached hydrogens (tertiary/aromatic N) is 3. The summed E-state index contributed by atoms with van der Waals surface area (Å²) in [6.07, 6.45) is -1.32. The third-order valence-electron chi connectivity index (χ3n) is 5.17. The van der Waals surface area contributed by atoms with Crippen molar-refractivity contribution in [1.29, 1.82) is 0 Å². The largest absolute Gasteiger partial charge is 0.421 e. The first-order valence-electron chi connectivity index (χ1n) is 9.85. The summed E-state index contributed by atoms with van der Waals surface area (Å²) in [5, 5.41) is 8.71. The van der Waals surface area contributed by atoms with Crippen molar-refractivity contribution in [2.45, 2.75) is 38.0 Å². The molecule has 0 saturated heterocycles. The highest BCUT2D eigenvalue weighted by Gasteiger charge is 2.37. The quantitative estimate of drug-likeness (QED) is 0.667. The van der Waals surface area contributed by atoms with Crippen LogP contribution in [-0.4, -0.2) is 47.0 Å². The number of fused-ring (bicyclic) bond motifs is 1. The predicted octanol–water partition coefficient (Wildman–Crippen LogP) is 2.92. The molecule has 4 rings (SSSR count). The number of halogens is 3. The van der Waals surface area contributed by atoms with Crippen LogP contribution in [0.4, 0.5) is 30.6 Å². The summed E-state index contributed by atoms with van der Waals surface area (Å²) in [5.74, 6) is -0.0360. The van der Waals surface area contributed by atoms with Gasteiger partial charge in [0.2, 0.25) is 11.9 Å². The second kappa shape index (κ2) is 8.10. The van der Waals surface area contributed by atoms with Crippen molar-refractivity contribution in [3.8, 4) is 0 Å². The summed E-state index contributed by atoms with van der Waals surface area (Å²) in [5.41, 5.74) is 1.98. The second-order valence-corrected chi connectivity index (χ2v) is 7.58. The average molecular weight is 420 g/mol. The number of amides is 1. The van der Waals surface area contributed by atoms with E-state index in [-0.39, 0.29) is 23.7 Å². The number of rotatable bonds is 6. The summed E-state index contributed by atoms with van der Waals surface area (Å²) in [6.45, 7) is 1.48. The van der Waals surface area contributed by atoms with Crippen LogP contribution < -0.4 is 16.0 Å². The molecule has 1 fully saturated rings. The van der Waals surface area contributed by atoms with E-state index >= 15 is 0 Å². The molecule has 0 unspecified atom stereocenters. The SMILES string of the molecule is CNCC(=O)N1CCc2cc(Nc3ncc(C(F)(F)F)c(NC4CC4)n3)ccc2C1. The number of nitrogens with one attached hydrogen (secondary N) is 3. The molecule has 1 aromatic heterocycles. The third-order valence-corrected chi connectivity index (χ3v) is 5.17. The maximum Gasteiger partial charge on any atom is 0.421 e. The standard InChI is InChI=1S/C20H23F3N6O/c1-24-10-17(30)29-7-6-12-8-15(3-2-13(12)11-29)27-19-25-9-16(20(21,22)23)18(28-19)26-14-4-5-14/h2-3,8-9,14,24H,4-7,10-11H2,1H3,(H2,25,26,27,28). The van der Waals surface area contributed by atoms with Gasteiger partial charge in [0.15, 0.2) is 0 Å². The molecule has 2 aromatic rings. The lowest BCUT2D eigenvalue weighted by Gasteiger charge is -2.29. The Kier molecular flexibility index (Phi) is 5.50. The van der Waals surface area contributed by atoms with E-state index in [9.17, 15) is 18.0 Å². The van der Waals surface area contributed by atoms with Gasteiger partial charge in [0.05, 0.1) is 6.54 Å². The molecule has 30 heavy (non-hydrogen) atoms. The van der Waals surface area contributed by atoms with Crippen LogP contribution in [0.1, 0.15) is 29.5 Å². The van der Waals surface area contributed by atoms with Gasteiger partial charge in [-0.3, -0.25) is 4.79 Å². The number of benzene rings is 1. The summed E-state index contributed by atoms with van der Waals surface area (Å²) >= 11 is 0. The van der Waals surface area contributed by atoms with Gasteiger partial charge in [-0.15, -0.1) is 0 Å². The van der Waals surface area contributed by atoms with Gasteiger partial charge in [-0.1, -0.05) is 6.07 Å². The first-order chi connectivity index (χ1) is 14.3. The number of anilines is 3. The zero-order chi connectivity index (χ0) is 21.3. The van der Waals surface area contributed by atoms with Crippen LogP contribution in [-0.2, 0) is 23.9 Å². The van der Waals surface area contributed by atoms with Crippen molar-refractivity contribution in [1.82, 2.24) is 20.2 Å². The Labute approximate surface area is 172 Å². The van der Waals surface area contributed by atoms with E-state index in [1.165, 1.54) is 0 Å². The van der Waals surface area contributed by atoms with Gasteiger partial charge in [0.25, 0.3) is 0 Å². The Bertz CT molecular complexity index is 945. The number of hydrogen-bond donors (Lipinski definition) is 3. The Morgan fingerprint density at radius 3 is 2.77 bits per heavy atom. The summed E-state index contributed by atoms with van der Waals surface area (Å²) in [4.78, 5) is 21.8. The van der Waals surface area contributed by atoms with Crippen LogP contribution in [0, 0.1) is 0 Å². The lowest BCUT2D eigenvalue weighted by molar-refractivity contribution is -0.137. The average Bonchev–Trinajstić information content (AvgIpc) is 3.51. The zero-order valence-corrected chi connectivity index (χ0v) is 16.5. The van der Waals surface area contributed by atoms with Gasteiger partial charge in [0, 0.05) is 31.0 Å². The molecule has 1 saturated carbocycles. The van der Waals surface area contributed by atoms with Crippen molar-refractivity contribution in [2.75, 3.05) is 30.8 Å².